The van der Waals surface area contributed by atoms with E-state index in [-0.39, 0.29) is 11.3 Å². The maximum Gasteiger partial charge on any atom is 0.269 e. The minimum Gasteiger partial charge on any atom is -0.465 e. The quantitative estimate of drug-likeness (QED) is 0.393. The SMILES string of the molecule is O=C(c1ccccc1)N1C(=O)c2ccccc2O[C@@H]1c1cccc([N+](=O)[O-])c1. The van der Waals surface area contributed by atoms with Gasteiger partial charge in [0.05, 0.1) is 10.5 Å². The molecule has 138 valence electrons. The van der Waals surface area contributed by atoms with Crippen LogP contribution >= 0.6 is 0 Å². The van der Waals surface area contributed by atoms with Crippen LogP contribution in [0.2, 0.25) is 0 Å². The molecule has 28 heavy (non-hydrogen) atoms. The maximum atomic E-state index is 13.1. The van der Waals surface area contributed by atoms with Crippen molar-refractivity contribution >= 4 is 17.5 Å². The minimum atomic E-state index is -1.12. The second-order valence-corrected chi connectivity index (χ2v) is 6.16. The molecule has 0 aliphatic carbocycles. The third-order valence-electron chi connectivity index (χ3n) is 4.42. The number of imide groups is 1. The van der Waals surface area contributed by atoms with Crippen LogP contribution in [0, 0.1) is 10.1 Å². The number of carbonyl (C=O) groups excluding carboxylic acids is 2. The molecule has 0 bridgehead atoms. The molecule has 0 unspecified atom stereocenters. The first-order valence-corrected chi connectivity index (χ1v) is 8.49. The molecule has 7 heteroatoms. The van der Waals surface area contributed by atoms with Crippen LogP contribution in [0.25, 0.3) is 0 Å². The molecule has 0 saturated heterocycles. The normalized spacial score (nSPS) is 15.5. The van der Waals surface area contributed by atoms with Crippen molar-refractivity contribution in [2.24, 2.45) is 0 Å². The zero-order chi connectivity index (χ0) is 19.7. The summed E-state index contributed by atoms with van der Waals surface area (Å²) >= 11 is 0. The summed E-state index contributed by atoms with van der Waals surface area (Å²) in [5.41, 5.74) is 0.753. The van der Waals surface area contributed by atoms with E-state index in [0.717, 1.165) is 4.90 Å². The van der Waals surface area contributed by atoms with Gasteiger partial charge in [0.2, 0.25) is 6.23 Å². The topological polar surface area (TPSA) is 89.8 Å². The fourth-order valence-electron chi connectivity index (χ4n) is 3.08. The summed E-state index contributed by atoms with van der Waals surface area (Å²) in [6.45, 7) is 0. The van der Waals surface area contributed by atoms with Crippen LogP contribution in [0.1, 0.15) is 32.5 Å². The number of hydrogen-bond donors (Lipinski definition) is 0. The van der Waals surface area contributed by atoms with E-state index in [0.29, 0.717) is 16.9 Å². The van der Waals surface area contributed by atoms with Crippen molar-refractivity contribution in [2.75, 3.05) is 0 Å². The number of fused-ring (bicyclic) bond motifs is 1. The van der Waals surface area contributed by atoms with Crippen LogP contribution in [0.5, 0.6) is 5.75 Å². The van der Waals surface area contributed by atoms with Crippen LogP contribution < -0.4 is 4.74 Å². The summed E-state index contributed by atoms with van der Waals surface area (Å²) in [5, 5.41) is 11.2. The Morgan fingerprint density at radius 2 is 1.68 bits per heavy atom. The highest BCUT2D eigenvalue weighted by atomic mass is 16.6. The number of non-ortho nitro benzene ring substituents is 1. The molecule has 0 spiro atoms. The molecule has 4 rings (SSSR count). The van der Waals surface area contributed by atoms with E-state index >= 15 is 0 Å². The molecule has 0 saturated carbocycles. The number of nitrogens with zero attached hydrogens (tertiary/aromatic N) is 2. The molecule has 1 atom stereocenters. The zero-order valence-corrected chi connectivity index (χ0v) is 14.5. The first-order valence-electron chi connectivity index (χ1n) is 8.49. The fourth-order valence-corrected chi connectivity index (χ4v) is 3.08. The van der Waals surface area contributed by atoms with Crippen LogP contribution in [0.4, 0.5) is 5.69 Å². The maximum absolute atomic E-state index is 13.1. The van der Waals surface area contributed by atoms with Crippen LogP contribution in [0.15, 0.2) is 78.9 Å². The van der Waals surface area contributed by atoms with Crippen molar-refractivity contribution in [1.82, 2.24) is 4.90 Å². The summed E-state index contributed by atoms with van der Waals surface area (Å²) in [6.07, 6.45) is -1.12. The first kappa shape index (κ1) is 17.4. The Hall–Kier alpha value is -4.00. The highest BCUT2D eigenvalue weighted by molar-refractivity contribution is 6.12. The molecule has 1 aliphatic rings. The number of benzene rings is 3. The monoisotopic (exact) mass is 374 g/mol. The standard InChI is InChI=1S/C21H14N2O5/c24-19(14-7-2-1-3-8-14)22-20(25)17-11-4-5-12-18(17)28-21(22)15-9-6-10-16(13-15)23(26)27/h1-13,21H/t21-/m1/s1. The minimum absolute atomic E-state index is 0.153. The van der Waals surface area contributed by atoms with Crippen LogP contribution in [-0.2, 0) is 0 Å². The van der Waals surface area contributed by atoms with Gasteiger partial charge in [-0.15, -0.1) is 0 Å². The Labute approximate surface area is 159 Å². The van der Waals surface area contributed by atoms with E-state index in [1.165, 1.54) is 18.2 Å². The van der Waals surface area contributed by atoms with Crippen molar-refractivity contribution in [3.63, 3.8) is 0 Å². The molecule has 0 aromatic heterocycles. The second kappa shape index (κ2) is 6.96. The van der Waals surface area contributed by atoms with Gasteiger partial charge in [0.25, 0.3) is 17.5 Å². The van der Waals surface area contributed by atoms with Gasteiger partial charge in [-0.25, -0.2) is 4.90 Å². The number of ether oxygens (including phenoxy) is 1. The van der Waals surface area contributed by atoms with Gasteiger partial charge in [-0.05, 0) is 24.3 Å². The van der Waals surface area contributed by atoms with Gasteiger partial charge >= 0.3 is 0 Å². The molecule has 2 amide bonds. The average molecular weight is 374 g/mol. The summed E-state index contributed by atoms with van der Waals surface area (Å²) in [5.74, 6) is -0.745. The lowest BCUT2D eigenvalue weighted by Gasteiger charge is -2.35. The zero-order valence-electron chi connectivity index (χ0n) is 14.5. The van der Waals surface area contributed by atoms with E-state index in [1.54, 1.807) is 60.7 Å². The van der Waals surface area contributed by atoms with Crippen molar-refractivity contribution in [3.05, 3.63) is 106 Å². The molecule has 3 aromatic carbocycles. The van der Waals surface area contributed by atoms with Gasteiger partial charge in [0, 0.05) is 23.3 Å². The molecular weight excluding hydrogens is 360 g/mol. The summed E-state index contributed by atoms with van der Waals surface area (Å²) in [6, 6.07) is 20.7. The summed E-state index contributed by atoms with van der Waals surface area (Å²) in [4.78, 5) is 37.9. The third-order valence-corrected chi connectivity index (χ3v) is 4.42. The molecular formula is C21H14N2O5. The first-order chi connectivity index (χ1) is 13.6. The van der Waals surface area contributed by atoms with Gasteiger partial charge in [0.1, 0.15) is 5.75 Å². The van der Waals surface area contributed by atoms with Crippen molar-refractivity contribution in [2.45, 2.75) is 6.23 Å². The summed E-state index contributed by atoms with van der Waals surface area (Å²) < 4.78 is 5.94. The number of rotatable bonds is 3. The Balaban J connectivity index is 1.84. The predicted molar refractivity (Wildman–Crippen MR) is 99.8 cm³/mol. The number of hydrogen-bond acceptors (Lipinski definition) is 5. The van der Waals surface area contributed by atoms with Crippen LogP contribution in [0.3, 0.4) is 0 Å². The lowest BCUT2D eigenvalue weighted by molar-refractivity contribution is -0.385. The van der Waals surface area contributed by atoms with E-state index in [1.807, 2.05) is 0 Å². The summed E-state index contributed by atoms with van der Waals surface area (Å²) in [7, 11) is 0. The Morgan fingerprint density at radius 3 is 2.43 bits per heavy atom. The number of nitro benzene ring substituents is 1. The molecule has 7 nitrogen and oxygen atoms in total. The smallest absolute Gasteiger partial charge is 0.269 e. The van der Waals surface area contributed by atoms with Gasteiger partial charge in [-0.1, -0.05) is 42.5 Å². The Bertz CT molecular complexity index is 1080. The van der Waals surface area contributed by atoms with Gasteiger partial charge < -0.3 is 4.74 Å². The Morgan fingerprint density at radius 1 is 0.964 bits per heavy atom. The molecule has 0 fully saturated rings. The fraction of sp³-hybridized carbons (Fsp3) is 0.0476. The van der Waals surface area contributed by atoms with E-state index in [9.17, 15) is 19.7 Å². The average Bonchev–Trinajstić information content (AvgIpc) is 2.74. The number of nitro groups is 1. The van der Waals surface area contributed by atoms with Crippen molar-refractivity contribution in [3.8, 4) is 5.75 Å². The lowest BCUT2D eigenvalue weighted by Crippen LogP contribution is -2.45. The highest BCUT2D eigenvalue weighted by Gasteiger charge is 2.39. The highest BCUT2D eigenvalue weighted by Crippen LogP contribution is 2.36. The molecule has 0 N–H and O–H groups in total. The third kappa shape index (κ3) is 2.99. The van der Waals surface area contributed by atoms with E-state index in [2.05, 4.69) is 0 Å². The van der Waals surface area contributed by atoms with Gasteiger partial charge in [-0.3, -0.25) is 19.7 Å². The van der Waals surface area contributed by atoms with Gasteiger partial charge in [-0.2, -0.15) is 0 Å². The molecule has 1 heterocycles. The number of amides is 2. The molecule has 1 aliphatic heterocycles. The predicted octanol–water partition coefficient (Wildman–Crippen LogP) is 3.97. The Kier molecular flexibility index (Phi) is 4.33. The van der Waals surface area contributed by atoms with E-state index in [4.69, 9.17) is 4.74 Å². The van der Waals surface area contributed by atoms with Crippen molar-refractivity contribution in [1.29, 1.82) is 0 Å². The second-order valence-electron chi connectivity index (χ2n) is 6.16. The van der Waals surface area contributed by atoms with E-state index < -0.39 is 23.0 Å². The van der Waals surface area contributed by atoms with Gasteiger partial charge in [0.15, 0.2) is 0 Å². The number of carbonyl (C=O) groups is 2. The number of para-hydroxylation sites is 1. The molecule has 3 aromatic rings. The largest absolute Gasteiger partial charge is 0.465 e. The molecule has 0 radical (unpaired) electrons. The van der Waals surface area contributed by atoms with Crippen molar-refractivity contribution < 1.29 is 19.2 Å². The van der Waals surface area contributed by atoms with Crippen LogP contribution in [-0.4, -0.2) is 21.6 Å². The lowest BCUT2D eigenvalue weighted by atomic mass is 10.0.